The normalized spacial score (nSPS) is 11.3. The van der Waals surface area contributed by atoms with Crippen molar-refractivity contribution in [3.05, 3.63) is 33.8 Å². The number of nitrogens with one attached hydrogen (secondary N) is 1. The first kappa shape index (κ1) is 16.7. The maximum Gasteiger partial charge on any atom is 0.261 e. The van der Waals surface area contributed by atoms with E-state index in [9.17, 15) is 4.79 Å². The van der Waals surface area contributed by atoms with Gasteiger partial charge in [0.15, 0.2) is 0 Å². The Balaban J connectivity index is 2.21. The molecule has 1 aromatic heterocycles. The van der Waals surface area contributed by atoms with Crippen molar-refractivity contribution in [1.29, 1.82) is 0 Å². The highest BCUT2D eigenvalue weighted by molar-refractivity contribution is 7.15. The van der Waals surface area contributed by atoms with E-state index in [0.717, 1.165) is 11.4 Å². The van der Waals surface area contributed by atoms with Crippen molar-refractivity contribution in [1.82, 2.24) is 10.2 Å². The molecule has 1 aromatic carbocycles. The minimum atomic E-state index is -0.323. The van der Waals surface area contributed by atoms with Gasteiger partial charge in [0.05, 0.1) is 12.7 Å². The van der Waals surface area contributed by atoms with Gasteiger partial charge in [0.1, 0.15) is 10.8 Å². The Labute approximate surface area is 138 Å². The summed E-state index contributed by atoms with van der Waals surface area (Å²) >= 11 is 7.32. The fourth-order valence-corrected chi connectivity index (χ4v) is 2.80. The average molecular weight is 340 g/mol. The highest BCUT2D eigenvalue weighted by atomic mass is 35.5. The molecule has 0 saturated carbocycles. The lowest BCUT2D eigenvalue weighted by Crippen LogP contribution is -2.14. The molecule has 2 aromatic rings. The van der Waals surface area contributed by atoms with Gasteiger partial charge in [0.2, 0.25) is 5.13 Å². The first-order chi connectivity index (χ1) is 10.4. The molecule has 0 aliphatic rings. The Bertz CT molecular complexity index is 685. The van der Waals surface area contributed by atoms with Gasteiger partial charge in [-0.2, -0.15) is 0 Å². The molecule has 0 aliphatic carbocycles. The lowest BCUT2D eigenvalue weighted by molar-refractivity contribution is 0.102. The maximum atomic E-state index is 12.4. The van der Waals surface area contributed by atoms with E-state index in [-0.39, 0.29) is 11.3 Å². The number of rotatable bonds is 5. The zero-order valence-corrected chi connectivity index (χ0v) is 14.5. The number of anilines is 1. The smallest absolute Gasteiger partial charge is 0.261 e. The van der Waals surface area contributed by atoms with Gasteiger partial charge in [-0.15, -0.1) is 10.2 Å². The van der Waals surface area contributed by atoms with Crippen LogP contribution in [0.2, 0.25) is 5.02 Å². The van der Waals surface area contributed by atoms with Gasteiger partial charge >= 0.3 is 0 Å². The number of hydrogen-bond acceptors (Lipinski definition) is 5. The van der Waals surface area contributed by atoms with E-state index in [0.29, 0.717) is 21.5 Å². The molecule has 5 nitrogen and oxygen atoms in total. The fraction of sp³-hybridized carbons (Fsp3) is 0.400. The quantitative estimate of drug-likeness (QED) is 0.889. The average Bonchev–Trinajstić information content (AvgIpc) is 2.96. The summed E-state index contributed by atoms with van der Waals surface area (Å²) < 4.78 is 5.18. The van der Waals surface area contributed by atoms with Gasteiger partial charge in [-0.05, 0) is 24.6 Å². The summed E-state index contributed by atoms with van der Waals surface area (Å²) in [5, 5.41) is 12.8. The van der Waals surface area contributed by atoms with Crippen molar-refractivity contribution in [2.24, 2.45) is 0 Å². The van der Waals surface area contributed by atoms with Crippen LogP contribution in [0.25, 0.3) is 0 Å². The van der Waals surface area contributed by atoms with E-state index in [2.05, 4.69) is 36.3 Å². The molecule has 1 amide bonds. The van der Waals surface area contributed by atoms with Crippen molar-refractivity contribution in [2.45, 2.75) is 32.6 Å². The highest BCUT2D eigenvalue weighted by Gasteiger charge is 2.24. The molecule has 0 atom stereocenters. The molecule has 7 heteroatoms. The third-order valence-corrected chi connectivity index (χ3v) is 4.95. The first-order valence-corrected chi connectivity index (χ1v) is 8.05. The Morgan fingerprint density at radius 1 is 1.41 bits per heavy atom. The molecule has 0 unspecified atom stereocenters. The molecule has 0 radical (unpaired) electrons. The number of methoxy groups -OCH3 is 1. The van der Waals surface area contributed by atoms with E-state index in [1.54, 1.807) is 18.2 Å². The molecular formula is C15H18ClN3O2S. The van der Waals surface area contributed by atoms with E-state index < -0.39 is 0 Å². The third kappa shape index (κ3) is 3.56. The van der Waals surface area contributed by atoms with Gasteiger partial charge in [0, 0.05) is 10.4 Å². The Morgan fingerprint density at radius 2 is 2.14 bits per heavy atom. The van der Waals surface area contributed by atoms with Crippen molar-refractivity contribution < 1.29 is 9.53 Å². The van der Waals surface area contributed by atoms with Crippen LogP contribution in [-0.2, 0) is 5.41 Å². The van der Waals surface area contributed by atoms with Crippen LogP contribution in [0.3, 0.4) is 0 Å². The van der Waals surface area contributed by atoms with Crippen molar-refractivity contribution >= 4 is 34.0 Å². The minimum absolute atomic E-state index is 0.0611. The van der Waals surface area contributed by atoms with Gasteiger partial charge in [-0.3, -0.25) is 10.1 Å². The van der Waals surface area contributed by atoms with Crippen LogP contribution in [0.5, 0.6) is 5.75 Å². The molecule has 0 spiro atoms. The molecule has 1 heterocycles. The third-order valence-electron chi connectivity index (χ3n) is 3.51. The van der Waals surface area contributed by atoms with Gasteiger partial charge in [-0.1, -0.05) is 43.7 Å². The lowest BCUT2D eigenvalue weighted by Gasteiger charge is -2.17. The van der Waals surface area contributed by atoms with Crippen LogP contribution in [0.1, 0.15) is 42.6 Å². The number of nitrogens with zero attached hydrogens (tertiary/aromatic N) is 2. The van der Waals surface area contributed by atoms with E-state index in [1.165, 1.54) is 18.4 Å². The molecule has 118 valence electrons. The van der Waals surface area contributed by atoms with Gasteiger partial charge in [0.25, 0.3) is 5.91 Å². The number of hydrogen-bond donors (Lipinski definition) is 1. The predicted molar refractivity (Wildman–Crippen MR) is 89.2 cm³/mol. The van der Waals surface area contributed by atoms with Gasteiger partial charge in [-0.25, -0.2) is 0 Å². The number of carbonyl (C=O) groups is 1. The number of ether oxygens (including phenoxy) is 1. The predicted octanol–water partition coefficient (Wildman–Crippen LogP) is 4.14. The second-order valence-corrected chi connectivity index (χ2v) is 6.86. The largest absolute Gasteiger partial charge is 0.496 e. The molecule has 0 bridgehead atoms. The summed E-state index contributed by atoms with van der Waals surface area (Å²) in [4.78, 5) is 12.4. The second-order valence-electron chi connectivity index (χ2n) is 5.45. The summed E-state index contributed by atoms with van der Waals surface area (Å²) in [7, 11) is 1.51. The number of amides is 1. The summed E-state index contributed by atoms with van der Waals surface area (Å²) in [6.45, 7) is 6.29. The summed E-state index contributed by atoms with van der Waals surface area (Å²) in [6.07, 6.45) is 0.942. The molecule has 0 saturated heterocycles. The number of halogens is 1. The van der Waals surface area contributed by atoms with Crippen LogP contribution in [-0.4, -0.2) is 23.2 Å². The fourth-order valence-electron chi connectivity index (χ4n) is 1.72. The molecular weight excluding hydrogens is 322 g/mol. The maximum absolute atomic E-state index is 12.4. The van der Waals surface area contributed by atoms with Crippen LogP contribution in [0.15, 0.2) is 18.2 Å². The van der Waals surface area contributed by atoms with Crippen LogP contribution >= 0.6 is 22.9 Å². The molecule has 2 rings (SSSR count). The summed E-state index contributed by atoms with van der Waals surface area (Å²) in [5.74, 6) is 0.136. The van der Waals surface area contributed by atoms with E-state index in [1.807, 2.05) is 0 Å². The molecule has 22 heavy (non-hydrogen) atoms. The SMILES string of the molecule is CCC(C)(C)c1nnc(NC(=O)c2cc(Cl)ccc2OC)s1. The van der Waals surface area contributed by atoms with E-state index >= 15 is 0 Å². The second kappa shape index (κ2) is 6.62. The topological polar surface area (TPSA) is 64.1 Å². The van der Waals surface area contributed by atoms with Gasteiger partial charge < -0.3 is 4.74 Å². The van der Waals surface area contributed by atoms with Crippen molar-refractivity contribution in [2.75, 3.05) is 12.4 Å². The molecule has 1 N–H and O–H groups in total. The standard InChI is InChI=1S/C15H18ClN3O2S/c1-5-15(2,3)13-18-19-14(22-13)17-12(20)10-8-9(16)6-7-11(10)21-4/h6-8H,5H2,1-4H3,(H,17,19,20). The summed E-state index contributed by atoms with van der Waals surface area (Å²) in [6, 6.07) is 4.89. The number of aromatic nitrogens is 2. The first-order valence-electron chi connectivity index (χ1n) is 6.86. The van der Waals surface area contributed by atoms with Crippen molar-refractivity contribution in [3.63, 3.8) is 0 Å². The summed E-state index contributed by atoms with van der Waals surface area (Å²) in [5.41, 5.74) is 0.301. The minimum Gasteiger partial charge on any atom is -0.496 e. The Hall–Kier alpha value is -1.66. The van der Waals surface area contributed by atoms with Crippen LogP contribution in [0.4, 0.5) is 5.13 Å². The zero-order valence-electron chi connectivity index (χ0n) is 12.9. The zero-order chi connectivity index (χ0) is 16.3. The highest BCUT2D eigenvalue weighted by Crippen LogP contribution is 2.31. The van der Waals surface area contributed by atoms with Crippen LogP contribution < -0.4 is 10.1 Å². The monoisotopic (exact) mass is 339 g/mol. The Kier molecular flexibility index (Phi) is 5.03. The number of benzene rings is 1. The molecule has 0 aliphatic heterocycles. The van der Waals surface area contributed by atoms with Crippen LogP contribution in [0, 0.1) is 0 Å². The van der Waals surface area contributed by atoms with E-state index in [4.69, 9.17) is 16.3 Å². The Morgan fingerprint density at radius 3 is 2.77 bits per heavy atom. The molecule has 0 fully saturated rings. The number of carbonyl (C=O) groups excluding carboxylic acids is 1. The van der Waals surface area contributed by atoms with Crippen molar-refractivity contribution in [3.8, 4) is 5.75 Å². The lowest BCUT2D eigenvalue weighted by atomic mass is 9.91.